The van der Waals surface area contributed by atoms with Gasteiger partial charge in [0.05, 0.1) is 23.5 Å². The molecule has 1 rings (SSSR count). The van der Waals surface area contributed by atoms with Crippen LogP contribution in [0.15, 0.2) is 0 Å². The predicted octanol–water partition coefficient (Wildman–Crippen LogP) is -25.3. The molecule has 1 fully saturated rings. The van der Waals surface area contributed by atoms with Crippen LogP contribution in [0.5, 0.6) is 0 Å². The zero-order valence-corrected chi connectivity index (χ0v) is 31.7. The van der Waals surface area contributed by atoms with E-state index in [1.165, 1.54) is 0 Å². The fourth-order valence-corrected chi connectivity index (χ4v) is 3.60. The van der Waals surface area contributed by atoms with Gasteiger partial charge in [-0.05, 0) is 0 Å². The molecule has 0 aliphatic heterocycles. The molecule has 144 valence electrons. The van der Waals surface area contributed by atoms with Crippen LogP contribution in [-0.2, 0) is 27.3 Å². The van der Waals surface area contributed by atoms with Gasteiger partial charge in [0.25, 0.3) is 0 Å². The van der Waals surface area contributed by atoms with E-state index in [0.29, 0.717) is 0 Å². The van der Waals surface area contributed by atoms with E-state index in [1.54, 1.807) is 0 Å². The van der Waals surface area contributed by atoms with Crippen LogP contribution in [0, 0.1) is 0 Å². The number of hydrogen-bond donors (Lipinski definition) is 3. The summed E-state index contributed by atoms with van der Waals surface area (Å²) in [4.78, 5) is 63.9. The average molecular weight is 552 g/mol. The van der Waals surface area contributed by atoms with Crippen molar-refractivity contribution in [2.24, 2.45) is 0 Å². The standard InChI is InChI=1S/C6H15O15P3.6Na/c7-1-2(8)4(19-22(10,11)12)6(21-24(16,17)18)5(3(1)9)20-23(13,14)15;;;;;;/h1-9H,(H2,10,11,12)(H2,13,14,15)(H2,16,17,18);;;;;;/q;6*+1/p-6/t1?,2-,3+,4-,5-,6?;;;;;;/m0....../s1. The Bertz CT molecular complexity index is 557. The first-order valence-corrected chi connectivity index (χ1v) is 10.1. The molecule has 30 heavy (non-hydrogen) atoms. The van der Waals surface area contributed by atoms with E-state index in [1.807, 2.05) is 0 Å². The molecule has 0 radical (unpaired) electrons. The molecule has 0 heterocycles. The van der Waals surface area contributed by atoms with Crippen molar-refractivity contribution >= 4 is 23.5 Å². The summed E-state index contributed by atoms with van der Waals surface area (Å²) in [5.41, 5.74) is 0. The van der Waals surface area contributed by atoms with Crippen molar-refractivity contribution < 1.29 is 249 Å². The number of aliphatic hydroxyl groups excluding tert-OH is 3. The third kappa shape index (κ3) is 18.5. The predicted molar refractivity (Wildman–Crippen MR) is 55.5 cm³/mol. The Kier molecular flexibility index (Phi) is 33.1. The third-order valence-electron chi connectivity index (χ3n) is 2.77. The van der Waals surface area contributed by atoms with Gasteiger partial charge >= 0.3 is 177 Å². The smallest absolute Gasteiger partial charge is 0.790 e. The monoisotopic (exact) mass is 552 g/mol. The maximum Gasteiger partial charge on any atom is 1.00 e. The van der Waals surface area contributed by atoms with Crippen LogP contribution in [0.2, 0.25) is 0 Å². The molecule has 3 N–H and O–H groups in total. The molecule has 0 bridgehead atoms. The second kappa shape index (κ2) is 20.2. The minimum absolute atomic E-state index is 0. The van der Waals surface area contributed by atoms with Gasteiger partial charge in [0.15, 0.2) is 0 Å². The molecule has 0 aromatic carbocycles. The van der Waals surface area contributed by atoms with Gasteiger partial charge in [-0.1, -0.05) is 0 Å². The van der Waals surface area contributed by atoms with E-state index in [2.05, 4.69) is 13.6 Å². The number of phosphoric acid groups is 3. The maximum atomic E-state index is 10.7. The van der Waals surface area contributed by atoms with Gasteiger partial charge in [-0.2, -0.15) is 0 Å². The molecule has 1 aliphatic carbocycles. The Morgan fingerprint density at radius 2 is 0.667 bits per heavy atom. The van der Waals surface area contributed by atoms with Crippen LogP contribution in [0.25, 0.3) is 0 Å². The van der Waals surface area contributed by atoms with Crippen molar-refractivity contribution in [1.82, 2.24) is 0 Å². The van der Waals surface area contributed by atoms with Crippen molar-refractivity contribution in [3.8, 4) is 0 Å². The topological polar surface area (TPSA) is 278 Å². The van der Waals surface area contributed by atoms with Gasteiger partial charge in [0, 0.05) is 0 Å². The Labute approximate surface area is 303 Å². The fourth-order valence-electron chi connectivity index (χ4n) is 1.98. The molecule has 0 aromatic rings. The van der Waals surface area contributed by atoms with Crippen molar-refractivity contribution in [3.05, 3.63) is 0 Å². The van der Waals surface area contributed by atoms with Crippen LogP contribution in [0.1, 0.15) is 0 Å². The minimum Gasteiger partial charge on any atom is -0.790 e. The van der Waals surface area contributed by atoms with Crippen molar-refractivity contribution in [2.45, 2.75) is 36.6 Å². The molecule has 0 spiro atoms. The van der Waals surface area contributed by atoms with E-state index in [0.717, 1.165) is 0 Å². The molecule has 24 heteroatoms. The van der Waals surface area contributed by atoms with Crippen molar-refractivity contribution in [2.75, 3.05) is 0 Å². The van der Waals surface area contributed by atoms with Gasteiger partial charge in [-0.25, -0.2) is 0 Å². The van der Waals surface area contributed by atoms with E-state index < -0.39 is 60.1 Å². The summed E-state index contributed by atoms with van der Waals surface area (Å²) in [5.74, 6) is 0. The molecule has 0 amide bonds. The molecule has 1 saturated carbocycles. The molecule has 6 atom stereocenters. The van der Waals surface area contributed by atoms with Crippen molar-refractivity contribution in [1.29, 1.82) is 0 Å². The van der Waals surface area contributed by atoms with Gasteiger partial charge < -0.3 is 71.9 Å². The summed E-state index contributed by atoms with van der Waals surface area (Å²) in [6.07, 6.45) is -15.7. The van der Waals surface area contributed by atoms with Crippen molar-refractivity contribution in [3.63, 3.8) is 0 Å². The normalized spacial score (nSPS) is 28.7. The SMILES string of the molecule is O=P([O-])([O-])OC1[C@@H](OP(=O)([O-])[O-])[C@H](O)C(O)[C@H](O)[C@@H]1OP(=O)([O-])[O-].[Na+].[Na+].[Na+].[Na+].[Na+].[Na+]. The summed E-state index contributed by atoms with van der Waals surface area (Å²) in [7, 11) is -18.1. The molecule has 1 aliphatic rings. The van der Waals surface area contributed by atoms with Crippen LogP contribution < -0.4 is 207 Å². The number of phosphoric ester groups is 3. The molecular formula is C6H9Na6O15P3. The summed E-state index contributed by atoms with van der Waals surface area (Å²) in [5, 5.41) is 28.6. The maximum absolute atomic E-state index is 10.7. The van der Waals surface area contributed by atoms with E-state index in [4.69, 9.17) is 0 Å². The van der Waals surface area contributed by atoms with Gasteiger partial charge in [-0.15, -0.1) is 0 Å². The third-order valence-corrected chi connectivity index (χ3v) is 4.28. The minimum atomic E-state index is -6.06. The second-order valence-corrected chi connectivity index (χ2v) is 7.84. The van der Waals surface area contributed by atoms with Crippen LogP contribution in [0.4, 0.5) is 0 Å². The summed E-state index contributed by atoms with van der Waals surface area (Å²) in [6, 6.07) is 0. The Balaban J connectivity index is -0.000000240. The summed E-state index contributed by atoms with van der Waals surface area (Å²) < 4.78 is 43.2. The van der Waals surface area contributed by atoms with Gasteiger partial charge in [0.1, 0.15) is 36.6 Å². The fraction of sp³-hybridized carbons (Fsp3) is 1.00. The number of rotatable bonds is 6. The first-order chi connectivity index (χ1) is 10.5. The van der Waals surface area contributed by atoms with Gasteiger partial charge in [-0.3, -0.25) is 0 Å². The van der Waals surface area contributed by atoms with E-state index in [9.17, 15) is 58.4 Å². The van der Waals surface area contributed by atoms with Crippen LogP contribution >= 0.6 is 23.5 Å². The van der Waals surface area contributed by atoms with E-state index in [-0.39, 0.29) is 177 Å². The van der Waals surface area contributed by atoms with Crippen LogP contribution in [-0.4, -0.2) is 51.9 Å². The van der Waals surface area contributed by atoms with E-state index >= 15 is 0 Å². The Hall–Kier alpha value is 6.21. The zero-order chi connectivity index (χ0) is 19.1. The summed E-state index contributed by atoms with van der Waals surface area (Å²) >= 11 is 0. The second-order valence-electron chi connectivity index (χ2n) is 4.52. The number of hydrogen-bond acceptors (Lipinski definition) is 15. The molecular weight excluding hydrogens is 543 g/mol. The average Bonchev–Trinajstić information content (AvgIpc) is 2.32. The summed E-state index contributed by atoms with van der Waals surface area (Å²) in [6.45, 7) is 0. The van der Waals surface area contributed by atoms with Gasteiger partial charge in [0.2, 0.25) is 0 Å². The number of aliphatic hydroxyl groups is 3. The molecule has 0 saturated heterocycles. The molecule has 15 nitrogen and oxygen atoms in total. The van der Waals surface area contributed by atoms with Crippen LogP contribution in [0.3, 0.4) is 0 Å². The Morgan fingerprint density at radius 1 is 0.467 bits per heavy atom. The quantitative estimate of drug-likeness (QED) is 0.204. The zero-order valence-electron chi connectivity index (χ0n) is 17.0. The first-order valence-electron chi connectivity index (χ1n) is 5.67. The Morgan fingerprint density at radius 3 is 0.867 bits per heavy atom. The first kappa shape index (κ1) is 49.2. The molecule has 0 aromatic heterocycles. The largest absolute Gasteiger partial charge is 1.00 e. The molecule has 2 unspecified atom stereocenters.